The molecule has 1 heterocycles. The maximum Gasteiger partial charge on any atom is 0.247 e. The second-order valence-electron chi connectivity index (χ2n) is 7.14. The Balaban J connectivity index is 0.00000420. The largest absolute Gasteiger partial charge is 0.488 e. The van der Waals surface area contributed by atoms with E-state index < -0.39 is 10.0 Å². The van der Waals surface area contributed by atoms with Gasteiger partial charge in [-0.15, -0.1) is 35.3 Å². The van der Waals surface area contributed by atoms with Crippen LogP contribution < -0.4 is 20.5 Å². The number of aliphatic imine (C=N–C) groups is 1. The Kier molecular flexibility index (Phi) is 9.86. The Hall–Kier alpha value is -1.37. The van der Waals surface area contributed by atoms with Crippen molar-refractivity contribution in [2.75, 3.05) is 6.54 Å². The zero-order chi connectivity index (χ0) is 20.8. The molecular formula is C19H29IN4O3S2. The molecule has 10 heteroatoms. The van der Waals surface area contributed by atoms with E-state index >= 15 is 0 Å². The van der Waals surface area contributed by atoms with Gasteiger partial charge in [0.2, 0.25) is 10.0 Å². The molecule has 162 valence electrons. The fourth-order valence-corrected chi connectivity index (χ4v) is 4.07. The van der Waals surface area contributed by atoms with Crippen molar-refractivity contribution in [1.29, 1.82) is 0 Å². The summed E-state index contributed by atoms with van der Waals surface area (Å²) in [6.45, 7) is 9.62. The van der Waals surface area contributed by atoms with Crippen LogP contribution in [0, 0.1) is 0 Å². The van der Waals surface area contributed by atoms with Crippen molar-refractivity contribution in [3.8, 4) is 5.75 Å². The summed E-state index contributed by atoms with van der Waals surface area (Å²) in [6.07, 6.45) is 0. The number of thiophene rings is 1. The van der Waals surface area contributed by atoms with Crippen molar-refractivity contribution >= 4 is 51.3 Å². The first-order chi connectivity index (χ1) is 13.1. The summed E-state index contributed by atoms with van der Waals surface area (Å²) in [5.74, 6) is 1.45. The van der Waals surface area contributed by atoms with Gasteiger partial charge in [0.25, 0.3) is 0 Å². The number of nitrogens with two attached hydrogens (primary N) is 1. The van der Waals surface area contributed by atoms with E-state index in [1.165, 1.54) is 6.07 Å². The highest BCUT2D eigenvalue weighted by Crippen LogP contribution is 2.24. The molecule has 0 saturated heterocycles. The topological polar surface area (TPSA) is 106 Å². The minimum Gasteiger partial charge on any atom is -0.488 e. The van der Waals surface area contributed by atoms with E-state index in [0.29, 0.717) is 25.6 Å². The van der Waals surface area contributed by atoms with E-state index in [1.807, 2.05) is 52.0 Å². The van der Waals surface area contributed by atoms with Gasteiger partial charge in [-0.05, 0) is 45.9 Å². The Morgan fingerprint density at radius 1 is 1.17 bits per heavy atom. The maximum absolute atomic E-state index is 11.4. The van der Waals surface area contributed by atoms with Crippen LogP contribution in [0.2, 0.25) is 0 Å². The van der Waals surface area contributed by atoms with Gasteiger partial charge < -0.3 is 15.4 Å². The van der Waals surface area contributed by atoms with Gasteiger partial charge in [-0.2, -0.15) is 0 Å². The summed E-state index contributed by atoms with van der Waals surface area (Å²) in [4.78, 5) is 5.47. The lowest BCUT2D eigenvalue weighted by Gasteiger charge is -2.23. The van der Waals surface area contributed by atoms with Gasteiger partial charge in [0.05, 0.1) is 13.1 Å². The van der Waals surface area contributed by atoms with Crippen LogP contribution in [0.25, 0.3) is 0 Å². The highest BCUT2D eigenvalue weighted by Gasteiger charge is 2.14. The van der Waals surface area contributed by atoms with Crippen LogP contribution in [-0.4, -0.2) is 26.5 Å². The summed E-state index contributed by atoms with van der Waals surface area (Å²) in [7, 11) is -3.67. The monoisotopic (exact) mass is 552 g/mol. The Morgan fingerprint density at radius 3 is 2.45 bits per heavy atom. The number of benzene rings is 1. The Morgan fingerprint density at radius 2 is 1.86 bits per heavy atom. The molecule has 0 aliphatic carbocycles. The minimum atomic E-state index is -3.67. The highest BCUT2D eigenvalue weighted by molar-refractivity contribution is 14.0. The first-order valence-electron chi connectivity index (χ1n) is 8.99. The molecule has 0 fully saturated rings. The van der Waals surface area contributed by atoms with Gasteiger partial charge in [0.15, 0.2) is 5.96 Å². The number of sulfonamides is 1. The first kappa shape index (κ1) is 25.7. The molecular weight excluding hydrogens is 523 g/mol. The molecule has 4 N–H and O–H groups in total. The molecule has 0 saturated carbocycles. The number of para-hydroxylation sites is 1. The van der Waals surface area contributed by atoms with Gasteiger partial charge in [-0.1, -0.05) is 18.2 Å². The van der Waals surface area contributed by atoms with Gasteiger partial charge in [-0.25, -0.2) is 18.5 Å². The number of ether oxygens (including phenoxy) is 1. The molecule has 1 aromatic heterocycles. The number of hydrogen-bond acceptors (Lipinski definition) is 5. The molecule has 0 unspecified atom stereocenters. The predicted octanol–water partition coefficient (Wildman–Crippen LogP) is 3.45. The van der Waals surface area contributed by atoms with Crippen molar-refractivity contribution in [2.45, 2.75) is 50.6 Å². The fourth-order valence-electron chi connectivity index (χ4n) is 2.35. The highest BCUT2D eigenvalue weighted by atomic mass is 127. The number of nitrogens with one attached hydrogen (secondary N) is 2. The normalized spacial score (nSPS) is 12.2. The Labute approximate surface area is 194 Å². The lowest BCUT2D eigenvalue weighted by molar-refractivity contribution is 0.129. The van der Waals surface area contributed by atoms with Crippen LogP contribution in [0.1, 0.15) is 38.1 Å². The molecule has 7 nitrogen and oxygen atoms in total. The molecule has 0 amide bonds. The van der Waals surface area contributed by atoms with Crippen molar-refractivity contribution in [3.63, 3.8) is 0 Å². The SMILES string of the molecule is CCNC(=NCc1ccccc1OC(C)(C)C)NCc1ccc(S(N)(=O)=O)s1.I. The molecule has 2 rings (SSSR count). The summed E-state index contributed by atoms with van der Waals surface area (Å²) >= 11 is 1.14. The van der Waals surface area contributed by atoms with E-state index in [0.717, 1.165) is 27.5 Å². The first-order valence-corrected chi connectivity index (χ1v) is 11.4. The second kappa shape index (κ2) is 11.1. The number of guanidine groups is 1. The van der Waals surface area contributed by atoms with Gasteiger partial charge in [0.1, 0.15) is 15.6 Å². The molecule has 0 atom stereocenters. The number of hydrogen-bond donors (Lipinski definition) is 3. The predicted molar refractivity (Wildman–Crippen MR) is 130 cm³/mol. The molecule has 1 aromatic carbocycles. The maximum atomic E-state index is 11.4. The van der Waals surface area contributed by atoms with Gasteiger partial charge in [0, 0.05) is 17.0 Å². The van der Waals surface area contributed by atoms with Crippen molar-refractivity contribution < 1.29 is 13.2 Å². The third-order valence-electron chi connectivity index (χ3n) is 3.49. The Bertz CT molecular complexity index is 922. The third-order valence-corrected chi connectivity index (χ3v) is 6.01. The average molecular weight is 553 g/mol. The number of rotatable bonds is 7. The average Bonchev–Trinajstić information content (AvgIpc) is 3.06. The second-order valence-corrected chi connectivity index (χ2v) is 10.1. The van der Waals surface area contributed by atoms with Crippen molar-refractivity contribution in [2.24, 2.45) is 10.1 Å². The van der Waals surface area contributed by atoms with E-state index in [2.05, 4.69) is 15.6 Å². The third kappa shape index (κ3) is 8.89. The zero-order valence-corrected chi connectivity index (χ0v) is 21.0. The lowest BCUT2D eigenvalue weighted by Crippen LogP contribution is -2.36. The standard InChI is InChI=1S/C19H28N4O3S2.HI/c1-5-21-18(23-13-15-10-11-17(27-15)28(20,24)25)22-12-14-8-6-7-9-16(14)26-19(2,3)4;/h6-11H,5,12-13H2,1-4H3,(H2,20,24,25)(H2,21,22,23);1H. The van der Waals surface area contributed by atoms with Crippen LogP contribution in [0.15, 0.2) is 45.6 Å². The van der Waals surface area contributed by atoms with E-state index in [4.69, 9.17) is 9.88 Å². The minimum absolute atomic E-state index is 0. The van der Waals surface area contributed by atoms with E-state index in [-0.39, 0.29) is 33.8 Å². The summed E-state index contributed by atoms with van der Waals surface area (Å²) < 4.78 is 29.0. The fraction of sp³-hybridized carbons (Fsp3) is 0.421. The van der Waals surface area contributed by atoms with E-state index in [9.17, 15) is 8.42 Å². The summed E-state index contributed by atoms with van der Waals surface area (Å²) in [6, 6.07) is 11.1. The molecule has 2 aromatic rings. The van der Waals surface area contributed by atoms with Gasteiger partial charge in [-0.3, -0.25) is 0 Å². The van der Waals surface area contributed by atoms with Crippen LogP contribution in [0.5, 0.6) is 5.75 Å². The number of primary sulfonamides is 1. The number of nitrogens with zero attached hydrogens (tertiary/aromatic N) is 1. The van der Waals surface area contributed by atoms with E-state index in [1.54, 1.807) is 6.07 Å². The van der Waals surface area contributed by atoms with Crippen LogP contribution in [0.3, 0.4) is 0 Å². The molecule has 0 radical (unpaired) electrons. The molecule has 0 aliphatic rings. The van der Waals surface area contributed by atoms with Crippen LogP contribution in [0.4, 0.5) is 0 Å². The zero-order valence-electron chi connectivity index (χ0n) is 17.1. The number of halogens is 1. The smallest absolute Gasteiger partial charge is 0.247 e. The summed E-state index contributed by atoms with van der Waals surface area (Å²) in [5, 5.41) is 11.6. The molecule has 0 aliphatic heterocycles. The van der Waals surface area contributed by atoms with Crippen molar-refractivity contribution in [1.82, 2.24) is 10.6 Å². The molecule has 0 spiro atoms. The van der Waals surface area contributed by atoms with Crippen LogP contribution in [-0.2, 0) is 23.1 Å². The quantitative estimate of drug-likeness (QED) is 0.277. The van der Waals surface area contributed by atoms with Crippen molar-refractivity contribution in [3.05, 3.63) is 46.8 Å². The van der Waals surface area contributed by atoms with Crippen LogP contribution >= 0.6 is 35.3 Å². The molecule has 29 heavy (non-hydrogen) atoms. The molecule has 0 bridgehead atoms. The van der Waals surface area contributed by atoms with Gasteiger partial charge >= 0.3 is 0 Å². The summed E-state index contributed by atoms with van der Waals surface area (Å²) in [5.41, 5.74) is 0.699. The lowest BCUT2D eigenvalue weighted by atomic mass is 10.1.